The van der Waals surface area contributed by atoms with Gasteiger partial charge < -0.3 is 10.2 Å². The van der Waals surface area contributed by atoms with Gasteiger partial charge in [-0.3, -0.25) is 14.3 Å². The van der Waals surface area contributed by atoms with Crippen LogP contribution in [0.5, 0.6) is 0 Å². The van der Waals surface area contributed by atoms with E-state index in [-0.39, 0.29) is 19.1 Å². The molecule has 1 aliphatic rings. The minimum atomic E-state index is -0.500. The molecule has 2 unspecified atom stereocenters. The number of rotatable bonds is 6. The standard InChI is InChI=1S/C12H17ClN2O4/c13-2-1-8-4-15(11(19)14-10(8)18)6-12(7-17)3-9(12)5-16/h4,9,16-17H,1-3,5-7H2,(H,14,18,19). The first kappa shape index (κ1) is 14.3. The zero-order valence-electron chi connectivity index (χ0n) is 10.4. The Hall–Kier alpha value is -1.11. The van der Waals surface area contributed by atoms with E-state index >= 15 is 0 Å². The molecule has 7 heteroatoms. The van der Waals surface area contributed by atoms with Gasteiger partial charge in [0.05, 0.1) is 6.61 Å². The highest BCUT2D eigenvalue weighted by Gasteiger charge is 2.53. The molecule has 1 heterocycles. The summed E-state index contributed by atoms with van der Waals surface area (Å²) in [6, 6.07) is 0. The summed E-state index contributed by atoms with van der Waals surface area (Å²) in [6.45, 7) is 0.196. The van der Waals surface area contributed by atoms with E-state index in [1.54, 1.807) is 0 Å². The Balaban J connectivity index is 2.28. The number of hydrogen-bond acceptors (Lipinski definition) is 4. The average Bonchev–Trinajstić information content (AvgIpc) is 3.09. The van der Waals surface area contributed by atoms with Gasteiger partial charge in [-0.05, 0) is 18.8 Å². The second kappa shape index (κ2) is 5.48. The van der Waals surface area contributed by atoms with Crippen molar-refractivity contribution in [1.82, 2.24) is 9.55 Å². The molecule has 106 valence electrons. The van der Waals surface area contributed by atoms with Crippen LogP contribution in [0, 0.1) is 11.3 Å². The normalized spacial score (nSPS) is 25.5. The summed E-state index contributed by atoms with van der Waals surface area (Å²) in [4.78, 5) is 25.5. The van der Waals surface area contributed by atoms with Gasteiger partial charge in [-0.25, -0.2) is 4.79 Å². The average molecular weight is 289 g/mol. The fourth-order valence-corrected chi connectivity index (χ4v) is 2.62. The minimum absolute atomic E-state index is 0.00675. The number of aliphatic hydroxyl groups is 2. The molecule has 6 nitrogen and oxygen atoms in total. The van der Waals surface area contributed by atoms with Crippen LogP contribution >= 0.6 is 11.6 Å². The van der Waals surface area contributed by atoms with E-state index in [2.05, 4.69) is 4.98 Å². The molecule has 0 aliphatic heterocycles. The number of nitrogens with zero attached hydrogens (tertiary/aromatic N) is 1. The second-order valence-corrected chi connectivity index (χ2v) is 5.46. The maximum absolute atomic E-state index is 11.7. The molecule has 0 saturated heterocycles. The molecule has 1 aromatic heterocycles. The molecule has 19 heavy (non-hydrogen) atoms. The van der Waals surface area contributed by atoms with Crippen molar-refractivity contribution in [3.05, 3.63) is 32.6 Å². The van der Waals surface area contributed by atoms with Crippen LogP contribution in [-0.4, -0.2) is 38.9 Å². The van der Waals surface area contributed by atoms with E-state index < -0.39 is 16.7 Å². The highest BCUT2D eigenvalue weighted by atomic mass is 35.5. The topological polar surface area (TPSA) is 95.3 Å². The molecule has 2 atom stereocenters. The van der Waals surface area contributed by atoms with Crippen molar-refractivity contribution in [2.75, 3.05) is 19.1 Å². The Morgan fingerprint density at radius 1 is 1.47 bits per heavy atom. The van der Waals surface area contributed by atoms with E-state index in [1.807, 2.05) is 0 Å². The number of aliphatic hydroxyl groups excluding tert-OH is 2. The van der Waals surface area contributed by atoms with Crippen LogP contribution in [0.3, 0.4) is 0 Å². The van der Waals surface area contributed by atoms with Crippen molar-refractivity contribution in [2.45, 2.75) is 19.4 Å². The maximum atomic E-state index is 11.7. The third-order valence-electron chi connectivity index (χ3n) is 3.83. The van der Waals surface area contributed by atoms with Gasteiger partial charge in [0.15, 0.2) is 0 Å². The van der Waals surface area contributed by atoms with Gasteiger partial charge in [-0.1, -0.05) is 0 Å². The predicted octanol–water partition coefficient (Wildman–Crippen LogP) is -0.691. The number of aryl methyl sites for hydroxylation is 1. The van der Waals surface area contributed by atoms with Crippen LogP contribution in [0.1, 0.15) is 12.0 Å². The molecule has 3 N–H and O–H groups in total. The largest absolute Gasteiger partial charge is 0.396 e. The molecule has 1 saturated carbocycles. The van der Waals surface area contributed by atoms with Crippen LogP contribution in [0.2, 0.25) is 0 Å². The highest BCUT2D eigenvalue weighted by molar-refractivity contribution is 6.17. The van der Waals surface area contributed by atoms with Crippen molar-refractivity contribution in [1.29, 1.82) is 0 Å². The van der Waals surface area contributed by atoms with E-state index in [0.29, 0.717) is 30.8 Å². The monoisotopic (exact) mass is 288 g/mol. The second-order valence-electron chi connectivity index (χ2n) is 5.08. The van der Waals surface area contributed by atoms with E-state index in [9.17, 15) is 14.7 Å². The summed E-state index contributed by atoms with van der Waals surface area (Å²) in [6.07, 6.45) is 2.55. The summed E-state index contributed by atoms with van der Waals surface area (Å²) < 4.78 is 1.38. The first-order valence-corrected chi connectivity index (χ1v) is 6.70. The first-order chi connectivity index (χ1) is 9.06. The SMILES string of the molecule is O=c1[nH]c(=O)n(CC2(CO)CC2CO)cc1CCCl. The fraction of sp³-hybridized carbons (Fsp3) is 0.667. The van der Waals surface area contributed by atoms with Gasteiger partial charge in [0.2, 0.25) is 0 Å². The Labute approximate surface area is 114 Å². The third kappa shape index (κ3) is 2.75. The molecule has 1 fully saturated rings. The van der Waals surface area contributed by atoms with Gasteiger partial charge in [-0.2, -0.15) is 0 Å². The van der Waals surface area contributed by atoms with Crippen molar-refractivity contribution in [3.8, 4) is 0 Å². The summed E-state index contributed by atoms with van der Waals surface area (Å²) >= 11 is 5.61. The zero-order chi connectivity index (χ0) is 14.0. The number of alkyl halides is 1. The Morgan fingerprint density at radius 2 is 2.21 bits per heavy atom. The zero-order valence-corrected chi connectivity index (χ0v) is 11.2. The third-order valence-corrected chi connectivity index (χ3v) is 4.02. The van der Waals surface area contributed by atoms with Crippen LogP contribution in [0.4, 0.5) is 0 Å². The van der Waals surface area contributed by atoms with E-state index in [0.717, 1.165) is 0 Å². The molecule has 2 rings (SSSR count). The van der Waals surface area contributed by atoms with E-state index in [4.69, 9.17) is 16.7 Å². The minimum Gasteiger partial charge on any atom is -0.396 e. The molecule has 1 aliphatic carbocycles. The summed E-state index contributed by atoms with van der Waals surface area (Å²) in [5, 5.41) is 18.5. The van der Waals surface area contributed by atoms with Crippen molar-refractivity contribution in [3.63, 3.8) is 0 Å². The lowest BCUT2D eigenvalue weighted by Crippen LogP contribution is -2.35. The van der Waals surface area contributed by atoms with Crippen LogP contribution in [0.15, 0.2) is 15.8 Å². The summed E-state index contributed by atoms with van der Waals surface area (Å²) in [7, 11) is 0. The van der Waals surface area contributed by atoms with Gasteiger partial charge >= 0.3 is 5.69 Å². The molecule has 0 spiro atoms. The van der Waals surface area contributed by atoms with E-state index in [1.165, 1.54) is 10.8 Å². The van der Waals surface area contributed by atoms with Crippen LogP contribution < -0.4 is 11.2 Å². The molecule has 1 aromatic rings. The quantitative estimate of drug-likeness (QED) is 0.604. The Bertz CT molecular complexity index is 568. The van der Waals surface area contributed by atoms with Crippen LogP contribution in [-0.2, 0) is 13.0 Å². The fourth-order valence-electron chi connectivity index (χ4n) is 2.42. The van der Waals surface area contributed by atoms with Crippen LogP contribution in [0.25, 0.3) is 0 Å². The number of halogens is 1. The van der Waals surface area contributed by atoms with Gasteiger partial charge in [-0.15, -0.1) is 11.6 Å². The van der Waals surface area contributed by atoms with Crippen molar-refractivity contribution in [2.24, 2.45) is 11.3 Å². The first-order valence-electron chi connectivity index (χ1n) is 6.16. The molecule has 0 aromatic carbocycles. The lowest BCUT2D eigenvalue weighted by molar-refractivity contribution is 0.156. The Morgan fingerprint density at radius 3 is 2.74 bits per heavy atom. The lowest BCUT2D eigenvalue weighted by Gasteiger charge is -2.16. The van der Waals surface area contributed by atoms with Crippen molar-refractivity contribution < 1.29 is 10.2 Å². The molecule has 0 amide bonds. The number of aromatic nitrogens is 2. The van der Waals surface area contributed by atoms with Gasteiger partial charge in [0.25, 0.3) is 5.56 Å². The molecular weight excluding hydrogens is 272 g/mol. The maximum Gasteiger partial charge on any atom is 0.328 e. The molecular formula is C12H17ClN2O4. The number of hydrogen-bond donors (Lipinski definition) is 3. The summed E-state index contributed by atoms with van der Waals surface area (Å²) in [5.41, 5.74) is -0.923. The predicted molar refractivity (Wildman–Crippen MR) is 70.5 cm³/mol. The number of H-pyrrole nitrogens is 1. The highest BCUT2D eigenvalue weighted by Crippen LogP contribution is 2.52. The van der Waals surface area contributed by atoms with Gasteiger partial charge in [0, 0.05) is 36.2 Å². The molecule has 0 radical (unpaired) electrons. The lowest BCUT2D eigenvalue weighted by atomic mass is 10.1. The van der Waals surface area contributed by atoms with Crippen molar-refractivity contribution >= 4 is 11.6 Å². The number of nitrogens with one attached hydrogen (secondary N) is 1. The Kier molecular flexibility index (Phi) is 4.13. The number of aromatic amines is 1. The van der Waals surface area contributed by atoms with Gasteiger partial charge in [0.1, 0.15) is 0 Å². The summed E-state index contributed by atoms with van der Waals surface area (Å²) in [5.74, 6) is 0.305. The smallest absolute Gasteiger partial charge is 0.328 e. The molecule has 0 bridgehead atoms.